The summed E-state index contributed by atoms with van der Waals surface area (Å²) >= 11 is 4.10. The highest BCUT2D eigenvalue weighted by Crippen LogP contribution is 2.43. The number of hydrogen-bond donors (Lipinski definition) is 0. The Labute approximate surface area is 122 Å². The molecule has 0 N–H and O–H groups in total. The smallest absolute Gasteiger partial charge is 0.127 e. The molecule has 3 heteroatoms. The van der Waals surface area contributed by atoms with Crippen LogP contribution in [0.5, 0.6) is 11.5 Å². The van der Waals surface area contributed by atoms with Crippen LogP contribution in [0.1, 0.15) is 16.6 Å². The van der Waals surface area contributed by atoms with Gasteiger partial charge in [-0.2, -0.15) is 0 Å². The first-order valence-electron chi connectivity index (χ1n) is 6.48. The molecule has 0 spiro atoms. The first kappa shape index (κ1) is 12.9. The van der Waals surface area contributed by atoms with Gasteiger partial charge in [-0.05, 0) is 47.8 Å². The van der Waals surface area contributed by atoms with Crippen molar-refractivity contribution in [2.45, 2.75) is 11.0 Å². The summed E-state index contributed by atoms with van der Waals surface area (Å²) in [7, 11) is 0. The molecular formula is C16H16OS2. The van der Waals surface area contributed by atoms with Crippen LogP contribution in [0.2, 0.25) is 0 Å². The molecule has 0 aromatic heterocycles. The van der Waals surface area contributed by atoms with Gasteiger partial charge >= 0.3 is 0 Å². The minimum absolute atomic E-state index is 0.597. The second kappa shape index (κ2) is 6.40. The van der Waals surface area contributed by atoms with Crippen LogP contribution in [0.25, 0.3) is 0 Å². The van der Waals surface area contributed by atoms with Crippen LogP contribution in [-0.2, 0) is 0 Å². The van der Waals surface area contributed by atoms with Crippen LogP contribution in [-0.4, -0.2) is 11.5 Å². The van der Waals surface area contributed by atoms with E-state index in [0.29, 0.717) is 4.58 Å². The molecule has 19 heavy (non-hydrogen) atoms. The van der Waals surface area contributed by atoms with Gasteiger partial charge in [0.1, 0.15) is 11.5 Å². The molecule has 0 unspecified atom stereocenters. The Hall–Kier alpha value is -1.06. The average molecular weight is 288 g/mol. The molecular weight excluding hydrogens is 272 g/mol. The van der Waals surface area contributed by atoms with Crippen molar-refractivity contribution in [3.05, 3.63) is 60.2 Å². The molecule has 0 bridgehead atoms. The fraction of sp³-hybridized carbons (Fsp3) is 0.250. The highest BCUT2D eigenvalue weighted by molar-refractivity contribution is 8.16. The molecule has 1 aliphatic heterocycles. The van der Waals surface area contributed by atoms with Gasteiger partial charge in [0.05, 0.1) is 4.58 Å². The summed E-state index contributed by atoms with van der Waals surface area (Å²) in [5.41, 5.74) is 1.40. The van der Waals surface area contributed by atoms with E-state index >= 15 is 0 Å². The lowest BCUT2D eigenvalue weighted by Crippen LogP contribution is -1.99. The third kappa shape index (κ3) is 3.48. The normalized spacial score (nSPS) is 16.2. The number of rotatable bonds is 3. The Morgan fingerprint density at radius 3 is 2.11 bits per heavy atom. The van der Waals surface area contributed by atoms with Crippen LogP contribution in [0.3, 0.4) is 0 Å². The summed E-state index contributed by atoms with van der Waals surface area (Å²) in [6.07, 6.45) is 1.33. The van der Waals surface area contributed by atoms with Crippen LogP contribution < -0.4 is 4.74 Å². The topological polar surface area (TPSA) is 9.23 Å². The standard InChI is InChI=1S/C16H16OS2/c1-2-5-14(6-3-1)17-15-9-7-13(8-10-15)16-18-11-4-12-19-16/h1-3,5-10,16H,4,11-12H2. The van der Waals surface area contributed by atoms with Crippen molar-refractivity contribution < 1.29 is 4.74 Å². The highest BCUT2D eigenvalue weighted by atomic mass is 32.2. The van der Waals surface area contributed by atoms with Gasteiger partial charge in [-0.1, -0.05) is 30.3 Å². The van der Waals surface area contributed by atoms with Crippen molar-refractivity contribution >= 4 is 23.5 Å². The molecule has 1 heterocycles. The second-order valence-electron chi connectivity index (χ2n) is 4.41. The Balaban J connectivity index is 1.68. The second-order valence-corrected chi connectivity index (χ2v) is 7.14. The van der Waals surface area contributed by atoms with Gasteiger partial charge in [0.2, 0.25) is 0 Å². The average Bonchev–Trinajstić information content (AvgIpc) is 2.50. The lowest BCUT2D eigenvalue weighted by Gasteiger charge is -2.21. The predicted molar refractivity (Wildman–Crippen MR) is 85.2 cm³/mol. The largest absolute Gasteiger partial charge is 0.457 e. The fourth-order valence-corrected chi connectivity index (χ4v) is 4.89. The Bertz CT molecular complexity index is 504. The fourth-order valence-electron chi connectivity index (χ4n) is 2.00. The first-order valence-corrected chi connectivity index (χ1v) is 8.58. The molecule has 0 radical (unpaired) electrons. The van der Waals surface area contributed by atoms with Crippen molar-refractivity contribution in [3.8, 4) is 11.5 Å². The zero-order valence-electron chi connectivity index (χ0n) is 10.6. The lowest BCUT2D eigenvalue weighted by molar-refractivity contribution is 0.482. The predicted octanol–water partition coefficient (Wildman–Crippen LogP) is 5.35. The molecule has 98 valence electrons. The Morgan fingerprint density at radius 2 is 1.42 bits per heavy atom. The van der Waals surface area contributed by atoms with E-state index < -0.39 is 0 Å². The number of hydrogen-bond acceptors (Lipinski definition) is 3. The van der Waals surface area contributed by atoms with E-state index in [1.165, 1.54) is 23.5 Å². The van der Waals surface area contributed by atoms with Crippen LogP contribution in [0, 0.1) is 0 Å². The molecule has 0 saturated carbocycles. The molecule has 0 amide bonds. The molecule has 0 aliphatic carbocycles. The molecule has 2 aromatic rings. The molecule has 1 nitrogen and oxygen atoms in total. The van der Waals surface area contributed by atoms with Gasteiger partial charge in [0.15, 0.2) is 0 Å². The summed E-state index contributed by atoms with van der Waals surface area (Å²) < 4.78 is 6.40. The van der Waals surface area contributed by atoms with Crippen LogP contribution in [0.4, 0.5) is 0 Å². The monoisotopic (exact) mass is 288 g/mol. The van der Waals surface area contributed by atoms with E-state index in [1.807, 2.05) is 53.9 Å². The lowest BCUT2D eigenvalue weighted by atomic mass is 10.2. The van der Waals surface area contributed by atoms with E-state index in [-0.39, 0.29) is 0 Å². The Kier molecular flexibility index (Phi) is 4.36. The molecule has 0 atom stereocenters. The SMILES string of the molecule is c1ccc(Oc2ccc(C3SCCCS3)cc2)cc1. The summed E-state index contributed by atoms with van der Waals surface area (Å²) in [6.45, 7) is 0. The number of thioether (sulfide) groups is 2. The van der Waals surface area contributed by atoms with Gasteiger partial charge in [0.25, 0.3) is 0 Å². The zero-order chi connectivity index (χ0) is 12.9. The number of para-hydroxylation sites is 1. The van der Waals surface area contributed by atoms with E-state index in [1.54, 1.807) is 0 Å². The minimum atomic E-state index is 0.597. The van der Waals surface area contributed by atoms with E-state index in [2.05, 4.69) is 24.3 Å². The first-order chi connectivity index (χ1) is 9.42. The molecule has 3 rings (SSSR count). The summed E-state index contributed by atoms with van der Waals surface area (Å²) in [4.78, 5) is 0. The third-order valence-electron chi connectivity index (χ3n) is 2.96. The summed E-state index contributed by atoms with van der Waals surface area (Å²) in [5, 5.41) is 0. The van der Waals surface area contributed by atoms with Gasteiger partial charge in [0, 0.05) is 0 Å². The van der Waals surface area contributed by atoms with Gasteiger partial charge in [-0.3, -0.25) is 0 Å². The van der Waals surface area contributed by atoms with Crippen LogP contribution in [0.15, 0.2) is 54.6 Å². The van der Waals surface area contributed by atoms with Gasteiger partial charge in [-0.25, -0.2) is 0 Å². The van der Waals surface area contributed by atoms with Crippen LogP contribution >= 0.6 is 23.5 Å². The van der Waals surface area contributed by atoms with E-state index in [9.17, 15) is 0 Å². The maximum absolute atomic E-state index is 5.81. The molecule has 1 aliphatic rings. The molecule has 2 aromatic carbocycles. The third-order valence-corrected chi connectivity index (χ3v) is 5.97. The Morgan fingerprint density at radius 1 is 0.789 bits per heavy atom. The van der Waals surface area contributed by atoms with Crippen molar-refractivity contribution in [1.29, 1.82) is 0 Å². The zero-order valence-corrected chi connectivity index (χ0v) is 12.3. The maximum Gasteiger partial charge on any atom is 0.127 e. The van der Waals surface area contributed by atoms with Crippen molar-refractivity contribution in [1.82, 2.24) is 0 Å². The molecule has 1 fully saturated rings. The number of benzene rings is 2. The summed E-state index contributed by atoms with van der Waals surface area (Å²) in [6, 6.07) is 18.4. The van der Waals surface area contributed by atoms with E-state index in [4.69, 9.17) is 4.74 Å². The van der Waals surface area contributed by atoms with Crippen molar-refractivity contribution in [3.63, 3.8) is 0 Å². The minimum Gasteiger partial charge on any atom is -0.457 e. The maximum atomic E-state index is 5.81. The van der Waals surface area contributed by atoms with Crippen molar-refractivity contribution in [2.75, 3.05) is 11.5 Å². The van der Waals surface area contributed by atoms with E-state index in [0.717, 1.165) is 11.5 Å². The summed E-state index contributed by atoms with van der Waals surface area (Å²) in [5.74, 6) is 4.34. The quantitative estimate of drug-likeness (QED) is 0.753. The van der Waals surface area contributed by atoms with Gasteiger partial charge < -0.3 is 4.74 Å². The molecule has 1 saturated heterocycles. The van der Waals surface area contributed by atoms with Crippen molar-refractivity contribution in [2.24, 2.45) is 0 Å². The van der Waals surface area contributed by atoms with Gasteiger partial charge in [-0.15, -0.1) is 23.5 Å². The highest BCUT2D eigenvalue weighted by Gasteiger charge is 2.16. The number of ether oxygens (including phenoxy) is 1.